The molecule has 1 rings (SSSR count). The number of carbonyl (C=O) groups excluding carboxylic acids is 1. The van der Waals surface area contributed by atoms with Gasteiger partial charge in [0.15, 0.2) is 9.84 Å². The monoisotopic (exact) mass is 242 g/mol. The van der Waals surface area contributed by atoms with Crippen molar-refractivity contribution in [2.45, 2.75) is 11.4 Å². The van der Waals surface area contributed by atoms with Crippen LogP contribution in [0.3, 0.4) is 0 Å². The topological polar surface area (TPSA) is 89.3 Å². The molecule has 0 aliphatic rings. The van der Waals surface area contributed by atoms with Crippen molar-refractivity contribution < 1.29 is 13.2 Å². The normalized spacial score (nSPS) is 11.1. The number of hydrogen-bond donors (Lipinski definition) is 2. The number of sulfone groups is 1. The first-order chi connectivity index (χ1) is 7.43. The molecule has 88 valence electrons. The van der Waals surface area contributed by atoms with Crippen LogP contribution < -0.4 is 11.1 Å². The summed E-state index contributed by atoms with van der Waals surface area (Å²) in [6, 6.07) is 6.35. The lowest BCUT2D eigenvalue weighted by Crippen LogP contribution is -2.29. The molecule has 1 aromatic rings. The van der Waals surface area contributed by atoms with E-state index in [1.165, 1.54) is 12.1 Å². The number of rotatable bonds is 4. The summed E-state index contributed by atoms with van der Waals surface area (Å²) in [4.78, 5) is 11.1. The predicted octanol–water partition coefficient (Wildman–Crippen LogP) is -0.335. The lowest BCUT2D eigenvalue weighted by Gasteiger charge is -2.04. The Bertz CT molecular complexity index is 465. The Labute approximate surface area is 94.6 Å². The minimum atomic E-state index is -3.16. The fraction of sp³-hybridized carbons (Fsp3) is 0.300. The second-order valence-corrected chi connectivity index (χ2v) is 5.41. The molecule has 5 nitrogen and oxygen atoms in total. The number of carbonyl (C=O) groups is 1. The maximum Gasteiger partial charge on any atom is 0.234 e. The van der Waals surface area contributed by atoms with E-state index in [1.54, 1.807) is 12.1 Å². The molecule has 1 aromatic carbocycles. The molecule has 0 aromatic heterocycles. The van der Waals surface area contributed by atoms with Crippen LogP contribution in [0.1, 0.15) is 5.56 Å². The van der Waals surface area contributed by atoms with Crippen molar-refractivity contribution in [1.82, 2.24) is 5.32 Å². The van der Waals surface area contributed by atoms with Crippen molar-refractivity contribution >= 4 is 15.7 Å². The largest absolute Gasteiger partial charge is 0.351 e. The van der Waals surface area contributed by atoms with Gasteiger partial charge in [-0.15, -0.1) is 0 Å². The highest BCUT2D eigenvalue weighted by Crippen LogP contribution is 2.09. The molecule has 6 heteroatoms. The fourth-order valence-electron chi connectivity index (χ4n) is 1.13. The highest BCUT2D eigenvalue weighted by Gasteiger charge is 2.06. The number of hydrogen-bond acceptors (Lipinski definition) is 4. The first-order valence-corrected chi connectivity index (χ1v) is 6.58. The average Bonchev–Trinajstić information content (AvgIpc) is 2.25. The molecule has 0 fully saturated rings. The number of amides is 1. The van der Waals surface area contributed by atoms with Gasteiger partial charge >= 0.3 is 0 Å². The molecule has 3 N–H and O–H groups in total. The first kappa shape index (κ1) is 12.7. The Morgan fingerprint density at radius 3 is 2.31 bits per heavy atom. The van der Waals surface area contributed by atoms with Gasteiger partial charge in [-0.05, 0) is 17.7 Å². The second-order valence-electron chi connectivity index (χ2n) is 3.40. The molecule has 0 radical (unpaired) electrons. The molecule has 0 atom stereocenters. The molecule has 0 unspecified atom stereocenters. The van der Waals surface area contributed by atoms with Gasteiger partial charge in [0.1, 0.15) is 0 Å². The Morgan fingerprint density at radius 1 is 1.31 bits per heavy atom. The zero-order valence-electron chi connectivity index (χ0n) is 8.93. The van der Waals surface area contributed by atoms with E-state index in [0.717, 1.165) is 11.8 Å². The van der Waals surface area contributed by atoms with Gasteiger partial charge in [-0.3, -0.25) is 4.79 Å². The standard InChI is InChI=1S/C10H14N2O3S/c1-16(14,15)9-4-2-8(3-5-9)7-12-10(13)6-11/h2-5H,6-7,11H2,1H3,(H,12,13). The maximum atomic E-state index is 11.2. The van der Waals surface area contributed by atoms with Crippen molar-refractivity contribution in [3.63, 3.8) is 0 Å². The van der Waals surface area contributed by atoms with Crippen LogP contribution in [0.2, 0.25) is 0 Å². The Balaban J connectivity index is 2.69. The van der Waals surface area contributed by atoms with Gasteiger partial charge in [0.2, 0.25) is 5.91 Å². The number of nitrogens with one attached hydrogen (secondary N) is 1. The van der Waals surface area contributed by atoms with Gasteiger partial charge < -0.3 is 11.1 Å². The molecule has 0 heterocycles. The van der Waals surface area contributed by atoms with Crippen molar-refractivity contribution in [2.75, 3.05) is 12.8 Å². The first-order valence-electron chi connectivity index (χ1n) is 4.69. The van der Waals surface area contributed by atoms with E-state index in [2.05, 4.69) is 5.32 Å². The van der Waals surface area contributed by atoms with Crippen LogP contribution in [0.5, 0.6) is 0 Å². The maximum absolute atomic E-state index is 11.2. The molecular weight excluding hydrogens is 228 g/mol. The van der Waals surface area contributed by atoms with Gasteiger partial charge in [0.05, 0.1) is 11.4 Å². The van der Waals surface area contributed by atoms with Gasteiger partial charge in [-0.25, -0.2) is 8.42 Å². The summed E-state index contributed by atoms with van der Waals surface area (Å²) in [5, 5.41) is 2.59. The van der Waals surface area contributed by atoms with Crippen molar-refractivity contribution in [3.8, 4) is 0 Å². The molecule has 16 heavy (non-hydrogen) atoms. The molecule has 0 saturated carbocycles. The van der Waals surface area contributed by atoms with Crippen LogP contribution in [0, 0.1) is 0 Å². The van der Waals surface area contributed by atoms with Crippen molar-refractivity contribution in [2.24, 2.45) is 5.73 Å². The minimum Gasteiger partial charge on any atom is -0.351 e. The quantitative estimate of drug-likeness (QED) is 0.756. The van der Waals surface area contributed by atoms with Crippen LogP contribution >= 0.6 is 0 Å². The molecule has 0 saturated heterocycles. The van der Waals surface area contributed by atoms with E-state index in [1.807, 2.05) is 0 Å². The van der Waals surface area contributed by atoms with Crippen LogP contribution in [-0.4, -0.2) is 27.1 Å². The van der Waals surface area contributed by atoms with E-state index < -0.39 is 9.84 Å². The zero-order chi connectivity index (χ0) is 12.2. The highest BCUT2D eigenvalue weighted by atomic mass is 32.2. The molecule has 0 spiro atoms. The minimum absolute atomic E-state index is 0.0541. The van der Waals surface area contributed by atoms with Crippen LogP contribution in [0.15, 0.2) is 29.2 Å². The summed E-state index contributed by atoms with van der Waals surface area (Å²) in [6.07, 6.45) is 1.15. The zero-order valence-corrected chi connectivity index (χ0v) is 9.75. The molecule has 0 aliphatic heterocycles. The van der Waals surface area contributed by atoms with Gasteiger partial charge in [0, 0.05) is 12.8 Å². The van der Waals surface area contributed by atoms with Gasteiger partial charge in [0.25, 0.3) is 0 Å². The summed E-state index contributed by atoms with van der Waals surface area (Å²) in [6.45, 7) is 0.293. The Hall–Kier alpha value is -1.40. The van der Waals surface area contributed by atoms with Crippen LogP contribution in [-0.2, 0) is 21.2 Å². The summed E-state index contributed by atoms with van der Waals surface area (Å²) in [5.41, 5.74) is 5.95. The van der Waals surface area contributed by atoms with Gasteiger partial charge in [-0.2, -0.15) is 0 Å². The third-order valence-electron chi connectivity index (χ3n) is 2.03. The Morgan fingerprint density at radius 2 is 1.88 bits per heavy atom. The van der Waals surface area contributed by atoms with Crippen LogP contribution in [0.4, 0.5) is 0 Å². The fourth-order valence-corrected chi connectivity index (χ4v) is 1.76. The smallest absolute Gasteiger partial charge is 0.234 e. The predicted molar refractivity (Wildman–Crippen MR) is 60.5 cm³/mol. The summed E-state index contributed by atoms with van der Waals surface area (Å²) < 4.78 is 22.3. The number of nitrogens with two attached hydrogens (primary N) is 1. The van der Waals surface area contributed by atoms with E-state index in [-0.39, 0.29) is 17.3 Å². The Kier molecular flexibility index (Phi) is 4.03. The number of benzene rings is 1. The van der Waals surface area contributed by atoms with E-state index in [4.69, 9.17) is 5.73 Å². The molecule has 1 amide bonds. The third-order valence-corrected chi connectivity index (χ3v) is 3.16. The van der Waals surface area contributed by atoms with Crippen molar-refractivity contribution in [1.29, 1.82) is 0 Å². The lowest BCUT2D eigenvalue weighted by molar-refractivity contribution is -0.119. The molecule has 0 aliphatic carbocycles. The molecular formula is C10H14N2O3S. The summed E-state index contributed by atoms with van der Waals surface area (Å²) in [5.74, 6) is -0.243. The van der Waals surface area contributed by atoms with Crippen molar-refractivity contribution in [3.05, 3.63) is 29.8 Å². The molecule has 0 bridgehead atoms. The van der Waals surface area contributed by atoms with E-state index in [0.29, 0.717) is 6.54 Å². The van der Waals surface area contributed by atoms with E-state index in [9.17, 15) is 13.2 Å². The lowest BCUT2D eigenvalue weighted by atomic mass is 10.2. The SMILES string of the molecule is CS(=O)(=O)c1ccc(CNC(=O)CN)cc1. The van der Waals surface area contributed by atoms with E-state index >= 15 is 0 Å². The third kappa shape index (κ3) is 3.63. The van der Waals surface area contributed by atoms with Crippen LogP contribution in [0.25, 0.3) is 0 Å². The second kappa shape index (κ2) is 5.09. The summed E-state index contributed by atoms with van der Waals surface area (Å²) >= 11 is 0. The average molecular weight is 242 g/mol. The van der Waals surface area contributed by atoms with Gasteiger partial charge in [-0.1, -0.05) is 12.1 Å². The highest BCUT2D eigenvalue weighted by molar-refractivity contribution is 7.90. The summed E-state index contributed by atoms with van der Waals surface area (Å²) in [7, 11) is -3.16.